The number of carbonyl (C=O) groups excluding carboxylic acids is 1. The smallest absolute Gasteiger partial charge is 0.384 e. The Balaban J connectivity index is 1.67. The zero-order valence-corrected chi connectivity index (χ0v) is 21.9. The van der Waals surface area contributed by atoms with Crippen LogP contribution in [0, 0.1) is 11.8 Å². The fourth-order valence-electron chi connectivity index (χ4n) is 5.56. The standard InChI is InChI=1S/C25H32F3N5O3S/c1-15-13-24(2,3)33(14-15)22-18(23(34)32-37(35,36)21-6-4-5-20(29)31-21)11-12-19(30-22)16-7-9-17(10-8-16)25(26,27)28/h4-6,11-12,15-17H,7-10,13-14H2,1-3H3,(H2,29,31)(H,32,34)/t15-,16?,17?/m0/s1. The van der Waals surface area contributed by atoms with Crippen LogP contribution in [0.3, 0.4) is 0 Å². The Morgan fingerprint density at radius 1 is 1.11 bits per heavy atom. The summed E-state index contributed by atoms with van der Waals surface area (Å²) in [4.78, 5) is 23.9. The summed E-state index contributed by atoms with van der Waals surface area (Å²) < 4.78 is 67.2. The molecule has 4 rings (SSSR count). The number of rotatable bonds is 5. The van der Waals surface area contributed by atoms with Gasteiger partial charge in [-0.2, -0.15) is 21.6 Å². The first-order valence-electron chi connectivity index (χ1n) is 12.3. The molecule has 0 unspecified atom stereocenters. The van der Waals surface area contributed by atoms with Crippen molar-refractivity contribution in [3.05, 3.63) is 41.6 Å². The Labute approximate surface area is 214 Å². The second-order valence-corrected chi connectivity index (χ2v) is 12.4. The number of nitrogens with zero attached hydrogens (tertiary/aromatic N) is 3. The molecule has 2 aromatic heterocycles. The van der Waals surface area contributed by atoms with Crippen LogP contribution in [0.15, 0.2) is 35.4 Å². The van der Waals surface area contributed by atoms with Gasteiger partial charge in [0.15, 0.2) is 5.03 Å². The second kappa shape index (κ2) is 9.77. The zero-order valence-electron chi connectivity index (χ0n) is 21.0. The van der Waals surface area contributed by atoms with Crippen molar-refractivity contribution in [3.8, 4) is 0 Å². The van der Waals surface area contributed by atoms with Gasteiger partial charge in [0.25, 0.3) is 15.9 Å². The molecule has 1 aliphatic heterocycles. The van der Waals surface area contributed by atoms with E-state index >= 15 is 0 Å². The Morgan fingerprint density at radius 3 is 2.35 bits per heavy atom. The van der Waals surface area contributed by atoms with Crippen molar-refractivity contribution in [2.75, 3.05) is 17.2 Å². The average molecular weight is 540 g/mol. The number of nitrogens with one attached hydrogen (secondary N) is 1. The molecule has 1 amide bonds. The predicted molar refractivity (Wildman–Crippen MR) is 133 cm³/mol. The van der Waals surface area contributed by atoms with Gasteiger partial charge < -0.3 is 10.6 Å². The van der Waals surface area contributed by atoms with Crippen molar-refractivity contribution in [3.63, 3.8) is 0 Å². The van der Waals surface area contributed by atoms with E-state index in [4.69, 9.17) is 10.7 Å². The van der Waals surface area contributed by atoms with Gasteiger partial charge in [-0.15, -0.1) is 0 Å². The molecule has 12 heteroatoms. The van der Waals surface area contributed by atoms with E-state index < -0.39 is 28.0 Å². The first kappa shape index (κ1) is 27.2. The van der Waals surface area contributed by atoms with Gasteiger partial charge >= 0.3 is 6.18 Å². The molecule has 202 valence electrons. The van der Waals surface area contributed by atoms with Gasteiger partial charge in [-0.1, -0.05) is 13.0 Å². The normalized spacial score (nSPS) is 24.2. The van der Waals surface area contributed by atoms with E-state index in [1.165, 1.54) is 24.3 Å². The minimum atomic E-state index is -4.30. The predicted octanol–water partition coefficient (Wildman–Crippen LogP) is 4.64. The van der Waals surface area contributed by atoms with E-state index in [1.54, 1.807) is 6.07 Å². The molecule has 2 fully saturated rings. The summed E-state index contributed by atoms with van der Waals surface area (Å²) in [6.07, 6.45) is -2.61. The van der Waals surface area contributed by atoms with Gasteiger partial charge in [-0.25, -0.2) is 14.7 Å². The molecule has 0 aromatic carbocycles. The van der Waals surface area contributed by atoms with Crippen LogP contribution in [0.5, 0.6) is 0 Å². The molecule has 1 atom stereocenters. The first-order valence-corrected chi connectivity index (χ1v) is 13.8. The molecule has 3 heterocycles. The third-order valence-electron chi connectivity index (χ3n) is 7.33. The summed E-state index contributed by atoms with van der Waals surface area (Å²) in [7, 11) is -4.30. The van der Waals surface area contributed by atoms with Crippen molar-refractivity contribution in [1.82, 2.24) is 14.7 Å². The van der Waals surface area contributed by atoms with Gasteiger partial charge in [0, 0.05) is 23.7 Å². The highest BCUT2D eigenvalue weighted by atomic mass is 32.2. The number of nitrogens with two attached hydrogens (primary N) is 1. The molecule has 8 nitrogen and oxygen atoms in total. The van der Waals surface area contributed by atoms with Crippen LogP contribution in [-0.2, 0) is 10.0 Å². The maximum Gasteiger partial charge on any atom is 0.391 e. The van der Waals surface area contributed by atoms with Crippen LogP contribution in [0.2, 0.25) is 0 Å². The maximum absolute atomic E-state index is 13.3. The minimum Gasteiger partial charge on any atom is -0.384 e. The zero-order chi connectivity index (χ0) is 27.2. The van der Waals surface area contributed by atoms with Crippen LogP contribution >= 0.6 is 0 Å². The van der Waals surface area contributed by atoms with Gasteiger partial charge in [0.05, 0.1) is 11.5 Å². The highest BCUT2D eigenvalue weighted by Crippen LogP contribution is 2.44. The van der Waals surface area contributed by atoms with E-state index in [-0.39, 0.29) is 40.7 Å². The lowest BCUT2D eigenvalue weighted by molar-refractivity contribution is -0.182. The fraction of sp³-hybridized carbons (Fsp3) is 0.560. The number of sulfonamides is 1. The minimum absolute atomic E-state index is 0.00456. The molecular weight excluding hydrogens is 507 g/mol. The number of carbonyl (C=O) groups is 1. The van der Waals surface area contributed by atoms with E-state index in [1.807, 2.05) is 18.7 Å². The number of aromatic nitrogens is 2. The van der Waals surface area contributed by atoms with Gasteiger partial charge in [-0.3, -0.25) is 4.79 Å². The lowest BCUT2D eigenvalue weighted by Crippen LogP contribution is -2.41. The van der Waals surface area contributed by atoms with Crippen LogP contribution in [0.25, 0.3) is 0 Å². The number of alkyl halides is 3. The number of pyridine rings is 2. The number of amides is 1. The molecule has 0 radical (unpaired) electrons. The second-order valence-electron chi connectivity index (χ2n) is 10.8. The van der Waals surface area contributed by atoms with E-state index in [9.17, 15) is 26.4 Å². The molecule has 1 saturated heterocycles. The third kappa shape index (κ3) is 5.83. The number of anilines is 2. The number of hydrogen-bond acceptors (Lipinski definition) is 7. The van der Waals surface area contributed by atoms with Crippen molar-refractivity contribution in [2.24, 2.45) is 11.8 Å². The van der Waals surface area contributed by atoms with E-state index in [2.05, 4.69) is 16.6 Å². The molecule has 0 spiro atoms. The van der Waals surface area contributed by atoms with Gasteiger partial charge in [0.1, 0.15) is 11.6 Å². The molecule has 37 heavy (non-hydrogen) atoms. The van der Waals surface area contributed by atoms with Crippen LogP contribution in [-0.4, -0.2) is 42.6 Å². The topological polar surface area (TPSA) is 118 Å². The number of hydrogen-bond donors (Lipinski definition) is 2. The monoisotopic (exact) mass is 539 g/mol. The first-order chi connectivity index (χ1) is 17.2. The summed E-state index contributed by atoms with van der Waals surface area (Å²) in [6.45, 7) is 6.73. The molecular formula is C25H32F3N5O3S. The Hall–Kier alpha value is -2.89. The molecule has 2 aliphatic rings. The lowest BCUT2D eigenvalue weighted by atomic mass is 9.80. The van der Waals surface area contributed by atoms with E-state index in [0.717, 1.165) is 6.42 Å². The van der Waals surface area contributed by atoms with Crippen molar-refractivity contribution in [1.29, 1.82) is 0 Å². The Morgan fingerprint density at radius 2 is 1.78 bits per heavy atom. The highest BCUT2D eigenvalue weighted by Gasteiger charge is 2.43. The highest BCUT2D eigenvalue weighted by molar-refractivity contribution is 7.90. The number of halogens is 3. The molecule has 1 saturated carbocycles. The SMILES string of the molecule is C[C@@H]1CN(c2nc(C3CCC(C(F)(F)F)CC3)ccc2C(=O)NS(=O)(=O)c2cccc(N)n2)C(C)(C)C1. The summed E-state index contributed by atoms with van der Waals surface area (Å²) in [5.74, 6) is -1.71. The van der Waals surface area contributed by atoms with E-state index in [0.29, 0.717) is 36.8 Å². The van der Waals surface area contributed by atoms with Crippen molar-refractivity contribution in [2.45, 2.75) is 75.5 Å². The summed E-state index contributed by atoms with van der Waals surface area (Å²) in [5.41, 5.74) is 5.93. The number of nitrogen functional groups attached to an aromatic ring is 1. The molecule has 0 bridgehead atoms. The van der Waals surface area contributed by atoms with Gasteiger partial charge in [-0.05, 0) is 76.1 Å². The van der Waals surface area contributed by atoms with Crippen molar-refractivity contribution >= 4 is 27.6 Å². The fourth-order valence-corrected chi connectivity index (χ4v) is 6.50. The average Bonchev–Trinajstić information content (AvgIpc) is 3.09. The van der Waals surface area contributed by atoms with Gasteiger partial charge in [0.2, 0.25) is 0 Å². The summed E-state index contributed by atoms with van der Waals surface area (Å²) in [6, 6.07) is 7.22. The largest absolute Gasteiger partial charge is 0.391 e. The van der Waals surface area contributed by atoms with Crippen molar-refractivity contribution < 1.29 is 26.4 Å². The Kier molecular flexibility index (Phi) is 7.17. The summed E-state index contributed by atoms with van der Waals surface area (Å²) in [5, 5.41) is -0.386. The molecule has 2 aromatic rings. The summed E-state index contributed by atoms with van der Waals surface area (Å²) >= 11 is 0. The molecule has 3 N–H and O–H groups in total. The lowest BCUT2D eigenvalue weighted by Gasteiger charge is -2.35. The molecule has 1 aliphatic carbocycles. The Bertz CT molecular complexity index is 1270. The quantitative estimate of drug-likeness (QED) is 0.568. The van der Waals surface area contributed by atoms with Crippen LogP contribution in [0.4, 0.5) is 24.8 Å². The van der Waals surface area contributed by atoms with Crippen LogP contribution < -0.4 is 15.4 Å². The maximum atomic E-state index is 13.3. The van der Waals surface area contributed by atoms with Crippen LogP contribution in [0.1, 0.15) is 74.8 Å². The third-order valence-corrected chi connectivity index (χ3v) is 8.56.